The maximum atomic E-state index is 14.3. The molecule has 5 atom stereocenters. The van der Waals surface area contributed by atoms with Gasteiger partial charge in [-0.05, 0) is 78.2 Å². The number of Topliss-reactive ketones (excluding diaryl/α,β-unsaturated/α-hetero) is 1. The summed E-state index contributed by atoms with van der Waals surface area (Å²) in [7, 11) is 3.32. The third-order valence-electron chi connectivity index (χ3n) is 11.9. The van der Waals surface area contributed by atoms with Crippen LogP contribution in [-0.4, -0.2) is 111 Å². The largest absolute Gasteiger partial charge is 0.506 e. The summed E-state index contributed by atoms with van der Waals surface area (Å²) in [4.78, 5) is 32.3. The molecule has 3 heterocycles. The number of aromatic amines is 1. The second-order valence-corrected chi connectivity index (χ2v) is 15.6. The van der Waals surface area contributed by atoms with Crippen molar-refractivity contribution in [2.45, 2.75) is 81.5 Å². The number of methoxy groups -OCH3 is 1. The van der Waals surface area contributed by atoms with E-state index in [2.05, 4.69) is 16.4 Å². The van der Waals surface area contributed by atoms with Crippen LogP contribution in [0, 0.1) is 0 Å². The number of ketones is 1. The van der Waals surface area contributed by atoms with E-state index in [4.69, 9.17) is 18.9 Å². The normalized spacial score (nSPS) is 23.6. The van der Waals surface area contributed by atoms with Crippen LogP contribution in [0.4, 0.5) is 0 Å². The minimum absolute atomic E-state index is 0.0190. The number of hydrogen-bond donors (Lipinski definition) is 7. The summed E-state index contributed by atoms with van der Waals surface area (Å²) in [6.45, 7) is -0.485. The lowest BCUT2D eigenvalue weighted by molar-refractivity contribution is -0.329. The lowest BCUT2D eigenvalue weighted by Gasteiger charge is -2.47. The van der Waals surface area contributed by atoms with Crippen molar-refractivity contribution in [1.82, 2.24) is 15.2 Å². The maximum absolute atomic E-state index is 14.3. The predicted molar refractivity (Wildman–Crippen MR) is 213 cm³/mol. The molecule has 14 nitrogen and oxygen atoms in total. The van der Waals surface area contributed by atoms with Gasteiger partial charge in [0.25, 0.3) is 5.91 Å². The van der Waals surface area contributed by atoms with E-state index in [1.807, 2.05) is 43.6 Å². The van der Waals surface area contributed by atoms with Gasteiger partial charge in [0.15, 0.2) is 11.4 Å². The molecule has 0 spiro atoms. The number of aliphatic hydroxyl groups excluding tert-OH is 3. The smallest absolute Gasteiger partial charge is 0.254 e. The van der Waals surface area contributed by atoms with Gasteiger partial charge in [0.1, 0.15) is 35.6 Å². The molecule has 8 rings (SSSR count). The molecule has 1 saturated heterocycles. The van der Waals surface area contributed by atoms with Crippen LogP contribution in [0.2, 0.25) is 0 Å². The number of nitrogens with zero attached hydrogens (tertiary/aromatic N) is 1. The highest BCUT2D eigenvalue weighted by Gasteiger charge is 2.56. The standard InChI is InChI=1S/C44H49N3O11/c1-45-17-24-11-12-33-31(13-24)28(18-46-33)21-56-22-36-39(50)41(52)44(54,23-48)43(58-36)57-35-16-29(55-2)14-27-15-32(25-7-3-4-8-25)38(40(51)37(27)35)34(49)20-47-19-26-9-5-6-10-30(26)42(47)53/h5-6,9-16,18,25,36,39,41,43,45-46,48,50-52,54H,3-4,7-8,17,19-23H2,1-2H3. The number of rotatable bonds is 14. The van der Waals surface area contributed by atoms with Crippen molar-refractivity contribution >= 4 is 33.4 Å². The molecule has 1 aliphatic carbocycles. The Morgan fingerprint density at radius 2 is 1.88 bits per heavy atom. The molecule has 1 amide bonds. The Morgan fingerprint density at radius 1 is 1.09 bits per heavy atom. The first-order valence-corrected chi connectivity index (χ1v) is 19.6. The van der Waals surface area contributed by atoms with E-state index < -0.39 is 42.6 Å². The summed E-state index contributed by atoms with van der Waals surface area (Å²) in [5.41, 5.74) is 2.41. The topological polar surface area (TPSA) is 203 Å². The van der Waals surface area contributed by atoms with Crippen LogP contribution in [0.1, 0.15) is 74.6 Å². The van der Waals surface area contributed by atoms with Gasteiger partial charge in [-0.15, -0.1) is 0 Å². The van der Waals surface area contributed by atoms with E-state index in [0.29, 0.717) is 28.8 Å². The molecule has 3 aliphatic rings. The number of phenols is 1. The highest BCUT2D eigenvalue weighted by molar-refractivity contribution is 6.11. The fraction of sp³-hybridized carbons (Fsp3) is 0.409. The minimum atomic E-state index is -2.53. The number of hydrogen-bond acceptors (Lipinski definition) is 12. The molecule has 5 aromatic rings. The molecule has 2 fully saturated rings. The van der Waals surface area contributed by atoms with Gasteiger partial charge >= 0.3 is 0 Å². The first-order valence-electron chi connectivity index (χ1n) is 19.6. The third-order valence-corrected chi connectivity index (χ3v) is 11.9. The number of aromatic nitrogens is 1. The van der Waals surface area contributed by atoms with Gasteiger partial charge in [-0.25, -0.2) is 0 Å². The molecule has 1 aromatic heterocycles. The van der Waals surface area contributed by atoms with Crippen LogP contribution < -0.4 is 14.8 Å². The van der Waals surface area contributed by atoms with E-state index in [0.717, 1.165) is 53.3 Å². The van der Waals surface area contributed by atoms with Crippen molar-refractivity contribution in [1.29, 1.82) is 0 Å². The Hall–Kier alpha value is -5.06. The number of ether oxygens (including phenoxy) is 4. The summed E-state index contributed by atoms with van der Waals surface area (Å²) < 4.78 is 24.0. The van der Waals surface area contributed by atoms with Gasteiger partial charge in [-0.1, -0.05) is 37.1 Å². The van der Waals surface area contributed by atoms with Crippen LogP contribution in [-0.2, 0) is 29.2 Å². The average Bonchev–Trinajstić information content (AvgIpc) is 3.98. The van der Waals surface area contributed by atoms with Crippen molar-refractivity contribution in [2.75, 3.05) is 33.9 Å². The van der Waals surface area contributed by atoms with Crippen molar-refractivity contribution in [3.8, 4) is 17.2 Å². The van der Waals surface area contributed by atoms with Crippen LogP contribution in [0.25, 0.3) is 21.7 Å². The number of fused-ring (bicyclic) bond motifs is 3. The first-order chi connectivity index (χ1) is 28.0. The zero-order valence-corrected chi connectivity index (χ0v) is 32.4. The van der Waals surface area contributed by atoms with Crippen molar-refractivity contribution in [3.63, 3.8) is 0 Å². The summed E-state index contributed by atoms with van der Waals surface area (Å²) in [5.74, 6) is -0.882. The van der Waals surface area contributed by atoms with Crippen molar-refractivity contribution < 1.29 is 54.1 Å². The molecule has 14 heteroatoms. The van der Waals surface area contributed by atoms with Crippen LogP contribution in [0.15, 0.2) is 66.9 Å². The van der Waals surface area contributed by atoms with E-state index in [1.165, 1.54) is 18.1 Å². The zero-order chi connectivity index (χ0) is 40.7. The van der Waals surface area contributed by atoms with E-state index in [9.17, 15) is 35.1 Å². The van der Waals surface area contributed by atoms with Crippen LogP contribution >= 0.6 is 0 Å². The molecular formula is C44H49N3O11. The number of aliphatic hydroxyl groups is 4. The first kappa shape index (κ1) is 39.8. The zero-order valence-electron chi connectivity index (χ0n) is 32.4. The van der Waals surface area contributed by atoms with E-state index in [1.54, 1.807) is 18.2 Å². The average molecular weight is 796 g/mol. The van der Waals surface area contributed by atoms with Gasteiger partial charge in [-0.2, -0.15) is 0 Å². The summed E-state index contributed by atoms with van der Waals surface area (Å²) >= 11 is 0. The van der Waals surface area contributed by atoms with Gasteiger partial charge in [0, 0.05) is 47.4 Å². The number of aromatic hydroxyl groups is 1. The van der Waals surface area contributed by atoms with E-state index >= 15 is 0 Å². The van der Waals surface area contributed by atoms with Gasteiger partial charge in [-0.3, -0.25) is 9.59 Å². The minimum Gasteiger partial charge on any atom is -0.506 e. The van der Waals surface area contributed by atoms with E-state index in [-0.39, 0.29) is 60.6 Å². The summed E-state index contributed by atoms with van der Waals surface area (Å²) in [6, 6.07) is 18.2. The van der Waals surface area contributed by atoms with Gasteiger partial charge in [0.05, 0.1) is 44.4 Å². The van der Waals surface area contributed by atoms with Crippen LogP contribution in [0.3, 0.4) is 0 Å². The number of H-pyrrole nitrogens is 1. The molecule has 2 aliphatic heterocycles. The molecule has 58 heavy (non-hydrogen) atoms. The molecule has 4 aromatic carbocycles. The Balaban J connectivity index is 1.11. The SMILES string of the molecule is CNCc1ccc2[nH]cc(COCC3OC(Oc4cc(OC)cc5cc(C6CCCC6)c(C(=O)CN6Cc7ccccc7C6=O)c(O)c45)C(O)(CO)C(O)C3O)c2c1. The molecule has 306 valence electrons. The van der Waals surface area contributed by atoms with Crippen molar-refractivity contribution in [3.05, 3.63) is 100 Å². The Bertz CT molecular complexity index is 2340. The Morgan fingerprint density at radius 3 is 2.62 bits per heavy atom. The highest BCUT2D eigenvalue weighted by Crippen LogP contribution is 2.47. The molecular weight excluding hydrogens is 746 g/mol. The Labute approximate surface area is 334 Å². The third kappa shape index (κ3) is 7.19. The number of carbonyl (C=O) groups excluding carboxylic acids is 2. The number of carbonyl (C=O) groups is 2. The predicted octanol–water partition coefficient (Wildman–Crippen LogP) is 4.02. The molecule has 0 bridgehead atoms. The number of phenolic OH excluding ortho intramolecular Hbond substituents is 1. The Kier molecular flexibility index (Phi) is 11.2. The second-order valence-electron chi connectivity index (χ2n) is 15.6. The number of amides is 1. The molecule has 0 radical (unpaired) electrons. The highest BCUT2D eigenvalue weighted by atomic mass is 16.7. The number of benzene rings is 4. The molecule has 1 saturated carbocycles. The maximum Gasteiger partial charge on any atom is 0.254 e. The van der Waals surface area contributed by atoms with Gasteiger partial charge < -0.3 is 59.7 Å². The fourth-order valence-corrected chi connectivity index (χ4v) is 8.73. The number of nitrogens with one attached hydrogen (secondary N) is 2. The lowest BCUT2D eigenvalue weighted by Crippen LogP contribution is -2.69. The second kappa shape index (κ2) is 16.3. The lowest BCUT2D eigenvalue weighted by atomic mass is 9.86. The summed E-state index contributed by atoms with van der Waals surface area (Å²) in [6.07, 6.45) is -1.28. The fourth-order valence-electron chi connectivity index (χ4n) is 8.73. The molecule has 7 N–H and O–H groups in total. The van der Waals surface area contributed by atoms with Gasteiger partial charge in [0.2, 0.25) is 6.29 Å². The molecule has 5 unspecified atom stereocenters. The van der Waals surface area contributed by atoms with Crippen molar-refractivity contribution in [2.24, 2.45) is 0 Å². The summed E-state index contributed by atoms with van der Waals surface area (Å²) in [5, 5.41) is 61.3. The monoisotopic (exact) mass is 795 g/mol. The van der Waals surface area contributed by atoms with Crippen LogP contribution in [0.5, 0.6) is 17.2 Å². The quantitative estimate of drug-likeness (QED) is 0.0798.